The standard InChI is InChI=1S/C12H15N5O/c13-5-8-2-1-3-9(4-8)6-15-11-10(14)12(18)17-7-16-11/h1-4,7H,5-6,13-14H2,(H2,15,16,17,18). The molecule has 0 aliphatic heterocycles. The molecule has 6 heteroatoms. The first-order valence-electron chi connectivity index (χ1n) is 5.55. The first-order chi connectivity index (χ1) is 8.70. The van der Waals surface area contributed by atoms with Gasteiger partial charge in [0, 0.05) is 13.1 Å². The van der Waals surface area contributed by atoms with E-state index in [2.05, 4.69) is 15.3 Å². The lowest BCUT2D eigenvalue weighted by molar-refractivity contribution is 1.04. The van der Waals surface area contributed by atoms with Gasteiger partial charge >= 0.3 is 0 Å². The van der Waals surface area contributed by atoms with Crippen LogP contribution in [0.2, 0.25) is 0 Å². The Morgan fingerprint density at radius 2 is 2.11 bits per heavy atom. The van der Waals surface area contributed by atoms with Crippen molar-refractivity contribution in [2.75, 3.05) is 11.1 Å². The van der Waals surface area contributed by atoms with Gasteiger partial charge in [0.1, 0.15) is 5.69 Å². The molecule has 2 aromatic rings. The summed E-state index contributed by atoms with van der Waals surface area (Å²) < 4.78 is 0. The van der Waals surface area contributed by atoms with Crippen LogP contribution in [0.4, 0.5) is 11.5 Å². The summed E-state index contributed by atoms with van der Waals surface area (Å²) in [7, 11) is 0. The fourth-order valence-corrected chi connectivity index (χ4v) is 1.60. The van der Waals surface area contributed by atoms with Gasteiger partial charge in [-0.1, -0.05) is 24.3 Å². The number of aromatic amines is 1. The molecule has 0 atom stereocenters. The summed E-state index contributed by atoms with van der Waals surface area (Å²) in [6.45, 7) is 1.04. The van der Waals surface area contributed by atoms with E-state index in [4.69, 9.17) is 11.5 Å². The van der Waals surface area contributed by atoms with E-state index in [0.717, 1.165) is 11.1 Å². The topological polar surface area (TPSA) is 110 Å². The molecule has 1 aromatic carbocycles. The van der Waals surface area contributed by atoms with Crippen molar-refractivity contribution in [3.05, 3.63) is 52.1 Å². The Bertz CT molecular complexity index is 593. The van der Waals surface area contributed by atoms with Gasteiger partial charge in [0.25, 0.3) is 5.56 Å². The number of nitrogens with zero attached hydrogens (tertiary/aromatic N) is 1. The van der Waals surface area contributed by atoms with E-state index in [1.807, 2.05) is 24.3 Å². The van der Waals surface area contributed by atoms with E-state index < -0.39 is 0 Å². The molecule has 6 N–H and O–H groups in total. The summed E-state index contributed by atoms with van der Waals surface area (Å²) in [6, 6.07) is 7.86. The van der Waals surface area contributed by atoms with Crippen LogP contribution in [0.15, 0.2) is 35.4 Å². The van der Waals surface area contributed by atoms with Crippen LogP contribution < -0.4 is 22.3 Å². The minimum Gasteiger partial charge on any atom is -0.391 e. The molecule has 1 heterocycles. The highest BCUT2D eigenvalue weighted by atomic mass is 16.1. The lowest BCUT2D eigenvalue weighted by Gasteiger charge is -2.08. The number of H-pyrrole nitrogens is 1. The zero-order valence-corrected chi connectivity index (χ0v) is 9.81. The van der Waals surface area contributed by atoms with E-state index in [-0.39, 0.29) is 11.2 Å². The number of hydrogen-bond donors (Lipinski definition) is 4. The molecule has 6 nitrogen and oxygen atoms in total. The molecular formula is C12H15N5O. The van der Waals surface area contributed by atoms with Crippen LogP contribution in [0.25, 0.3) is 0 Å². The number of nitrogen functional groups attached to an aromatic ring is 1. The Morgan fingerprint density at radius 1 is 1.33 bits per heavy atom. The van der Waals surface area contributed by atoms with Crippen molar-refractivity contribution in [2.24, 2.45) is 5.73 Å². The van der Waals surface area contributed by atoms with Crippen molar-refractivity contribution in [1.82, 2.24) is 9.97 Å². The van der Waals surface area contributed by atoms with Crippen LogP contribution in [0, 0.1) is 0 Å². The van der Waals surface area contributed by atoms with Gasteiger partial charge < -0.3 is 21.8 Å². The highest BCUT2D eigenvalue weighted by Gasteiger charge is 2.03. The van der Waals surface area contributed by atoms with Crippen molar-refractivity contribution < 1.29 is 0 Å². The molecule has 94 valence electrons. The van der Waals surface area contributed by atoms with Gasteiger partial charge in [0.15, 0.2) is 5.82 Å². The third-order valence-electron chi connectivity index (χ3n) is 2.58. The van der Waals surface area contributed by atoms with Gasteiger partial charge in [-0.25, -0.2) is 4.98 Å². The summed E-state index contributed by atoms with van der Waals surface area (Å²) in [5.74, 6) is 0.386. The third-order valence-corrected chi connectivity index (χ3v) is 2.58. The summed E-state index contributed by atoms with van der Waals surface area (Å²) in [6.07, 6.45) is 1.32. The Morgan fingerprint density at radius 3 is 2.89 bits per heavy atom. The lowest BCUT2D eigenvalue weighted by Crippen LogP contribution is -2.16. The van der Waals surface area contributed by atoms with Crippen LogP contribution in [-0.2, 0) is 13.1 Å². The lowest BCUT2D eigenvalue weighted by atomic mass is 10.1. The molecule has 0 bridgehead atoms. The predicted molar refractivity (Wildman–Crippen MR) is 70.9 cm³/mol. The van der Waals surface area contributed by atoms with Crippen molar-refractivity contribution >= 4 is 11.5 Å². The second-order valence-electron chi connectivity index (χ2n) is 3.87. The van der Waals surface area contributed by atoms with Crippen LogP contribution in [0.1, 0.15) is 11.1 Å². The normalized spacial score (nSPS) is 10.3. The third kappa shape index (κ3) is 2.67. The summed E-state index contributed by atoms with van der Waals surface area (Å²) in [4.78, 5) is 17.7. The van der Waals surface area contributed by atoms with Gasteiger partial charge in [0.2, 0.25) is 0 Å². The van der Waals surface area contributed by atoms with E-state index in [9.17, 15) is 4.79 Å². The summed E-state index contributed by atoms with van der Waals surface area (Å²) in [5.41, 5.74) is 13.0. The Labute approximate surface area is 104 Å². The van der Waals surface area contributed by atoms with E-state index in [1.165, 1.54) is 6.33 Å². The SMILES string of the molecule is NCc1cccc(CNc2nc[nH]c(=O)c2N)c1. The minimum atomic E-state index is -0.344. The largest absolute Gasteiger partial charge is 0.391 e. The maximum Gasteiger partial charge on any atom is 0.276 e. The molecule has 0 radical (unpaired) electrons. The van der Waals surface area contributed by atoms with Crippen molar-refractivity contribution in [2.45, 2.75) is 13.1 Å². The summed E-state index contributed by atoms with van der Waals surface area (Å²) in [5, 5.41) is 3.02. The zero-order chi connectivity index (χ0) is 13.0. The Hall–Kier alpha value is -2.34. The smallest absolute Gasteiger partial charge is 0.276 e. The number of aromatic nitrogens is 2. The first-order valence-corrected chi connectivity index (χ1v) is 5.55. The average Bonchev–Trinajstić information content (AvgIpc) is 2.41. The van der Waals surface area contributed by atoms with E-state index >= 15 is 0 Å². The minimum absolute atomic E-state index is 0.0903. The number of nitrogens with two attached hydrogens (primary N) is 2. The van der Waals surface area contributed by atoms with Crippen LogP contribution in [0.5, 0.6) is 0 Å². The van der Waals surface area contributed by atoms with Crippen molar-refractivity contribution in [1.29, 1.82) is 0 Å². The monoisotopic (exact) mass is 245 g/mol. The molecule has 0 saturated carbocycles. The molecule has 0 saturated heterocycles. The maximum absolute atomic E-state index is 11.3. The second kappa shape index (κ2) is 5.33. The first kappa shape index (κ1) is 12.1. The molecule has 1 aromatic heterocycles. The van der Waals surface area contributed by atoms with Gasteiger partial charge in [-0.2, -0.15) is 0 Å². The molecule has 18 heavy (non-hydrogen) atoms. The van der Waals surface area contributed by atoms with Crippen molar-refractivity contribution in [3.8, 4) is 0 Å². The Kier molecular flexibility index (Phi) is 3.59. The van der Waals surface area contributed by atoms with Crippen molar-refractivity contribution in [3.63, 3.8) is 0 Å². The number of rotatable bonds is 4. The molecule has 0 amide bonds. The van der Waals surface area contributed by atoms with Gasteiger partial charge in [-0.3, -0.25) is 4.79 Å². The van der Waals surface area contributed by atoms with Gasteiger partial charge in [0.05, 0.1) is 6.33 Å². The number of hydrogen-bond acceptors (Lipinski definition) is 5. The highest BCUT2D eigenvalue weighted by molar-refractivity contribution is 5.59. The molecule has 0 spiro atoms. The fourth-order valence-electron chi connectivity index (χ4n) is 1.60. The predicted octanol–water partition coefficient (Wildman–Crippen LogP) is 0.423. The molecule has 0 aliphatic carbocycles. The zero-order valence-electron chi connectivity index (χ0n) is 9.81. The molecule has 0 unspecified atom stereocenters. The maximum atomic E-state index is 11.3. The second-order valence-corrected chi connectivity index (χ2v) is 3.87. The molecule has 0 aliphatic rings. The molecule has 2 rings (SSSR count). The fraction of sp³-hybridized carbons (Fsp3) is 0.167. The van der Waals surface area contributed by atoms with E-state index in [0.29, 0.717) is 18.9 Å². The summed E-state index contributed by atoms with van der Waals surface area (Å²) >= 11 is 0. The number of anilines is 2. The molecular weight excluding hydrogens is 230 g/mol. The molecule has 0 fully saturated rings. The van der Waals surface area contributed by atoms with Crippen LogP contribution in [0.3, 0.4) is 0 Å². The quantitative estimate of drug-likeness (QED) is 0.624. The number of benzene rings is 1. The van der Waals surface area contributed by atoms with Gasteiger partial charge in [-0.15, -0.1) is 0 Å². The van der Waals surface area contributed by atoms with Gasteiger partial charge in [-0.05, 0) is 11.1 Å². The number of nitrogens with one attached hydrogen (secondary N) is 2. The highest BCUT2D eigenvalue weighted by Crippen LogP contribution is 2.11. The van der Waals surface area contributed by atoms with Crippen LogP contribution >= 0.6 is 0 Å². The average molecular weight is 245 g/mol. The van der Waals surface area contributed by atoms with E-state index in [1.54, 1.807) is 0 Å². The van der Waals surface area contributed by atoms with Crippen LogP contribution in [-0.4, -0.2) is 9.97 Å². The Balaban J connectivity index is 2.11.